The molecule has 1 aromatic carbocycles. The van der Waals surface area contributed by atoms with Gasteiger partial charge in [-0.3, -0.25) is 4.79 Å². The van der Waals surface area contributed by atoms with E-state index in [0.717, 1.165) is 5.76 Å². The third-order valence-corrected chi connectivity index (χ3v) is 5.20. The molecule has 3 aromatic rings. The summed E-state index contributed by atoms with van der Waals surface area (Å²) in [6.45, 7) is 6.52. The molecule has 0 saturated heterocycles. The quantitative estimate of drug-likeness (QED) is 0.494. The van der Waals surface area contributed by atoms with Gasteiger partial charge in [0.25, 0.3) is 5.91 Å². The molecule has 33 heavy (non-hydrogen) atoms. The highest BCUT2D eigenvalue weighted by atomic mass is 16.3. The number of nitrogens with zero attached hydrogens (tertiary/aromatic N) is 5. The van der Waals surface area contributed by atoms with Gasteiger partial charge in [-0.15, -0.1) is 0 Å². The van der Waals surface area contributed by atoms with Crippen molar-refractivity contribution in [2.45, 2.75) is 26.8 Å². The fraction of sp³-hybridized carbons (Fsp3) is 0.348. The molecule has 0 bridgehead atoms. The third kappa shape index (κ3) is 4.50. The zero-order chi connectivity index (χ0) is 23.8. The van der Waals surface area contributed by atoms with Crippen LogP contribution in [0.4, 0.5) is 17.3 Å². The summed E-state index contributed by atoms with van der Waals surface area (Å²) in [6.07, 6.45) is 1.63. The van der Waals surface area contributed by atoms with Crippen LogP contribution < -0.4 is 21.6 Å². The Morgan fingerprint density at radius 2 is 1.79 bits per heavy atom. The molecule has 172 valence electrons. The molecule has 10 heteroatoms. The number of amides is 1. The van der Waals surface area contributed by atoms with Gasteiger partial charge in [0.15, 0.2) is 28.4 Å². The van der Waals surface area contributed by atoms with Crippen molar-refractivity contribution in [3.8, 4) is 5.75 Å². The Bertz CT molecular complexity index is 1290. The van der Waals surface area contributed by atoms with E-state index in [-0.39, 0.29) is 35.3 Å². The molecule has 0 aliphatic carbocycles. The van der Waals surface area contributed by atoms with Crippen LogP contribution in [0.15, 0.2) is 51.0 Å². The van der Waals surface area contributed by atoms with Crippen LogP contribution in [0.25, 0.3) is 0 Å². The first-order chi connectivity index (χ1) is 15.6. The lowest BCUT2D eigenvalue weighted by molar-refractivity contribution is 0.0824. The number of phenolic OH excluding ortho intramolecular Hbond substituents is 1. The van der Waals surface area contributed by atoms with Gasteiger partial charge in [0, 0.05) is 14.1 Å². The van der Waals surface area contributed by atoms with Gasteiger partial charge >= 0.3 is 0 Å². The first kappa shape index (κ1) is 22.3. The maximum atomic E-state index is 12.4. The number of furan rings is 1. The molecule has 0 unspecified atom stereocenters. The molecule has 0 spiro atoms. The van der Waals surface area contributed by atoms with Gasteiger partial charge in [0.05, 0.1) is 23.6 Å². The highest BCUT2D eigenvalue weighted by Crippen LogP contribution is 2.38. The molecule has 0 fully saturated rings. The number of carbonyl (C=O) groups is 1. The Balaban J connectivity index is 1.77. The van der Waals surface area contributed by atoms with Crippen molar-refractivity contribution in [1.29, 1.82) is 0 Å². The summed E-state index contributed by atoms with van der Waals surface area (Å²) < 4.78 is 5.67. The molecule has 1 aliphatic rings. The predicted molar refractivity (Wildman–Crippen MR) is 123 cm³/mol. The van der Waals surface area contributed by atoms with Crippen LogP contribution in [0.3, 0.4) is 0 Å². The Kier molecular flexibility index (Phi) is 5.75. The third-order valence-electron chi connectivity index (χ3n) is 5.20. The second-order valence-electron chi connectivity index (χ2n) is 9.01. The zero-order valence-electron chi connectivity index (χ0n) is 19.2. The number of hydrogen-bond donors (Lipinski definition) is 3. The summed E-state index contributed by atoms with van der Waals surface area (Å²) in [5.74, 6) is 1.03. The minimum Gasteiger partial charge on any atom is -0.505 e. The molecule has 10 nitrogen and oxygen atoms in total. The number of anilines is 3. The Labute approximate surface area is 191 Å². The highest BCUT2D eigenvalue weighted by molar-refractivity contribution is 5.98. The van der Waals surface area contributed by atoms with E-state index in [1.807, 2.05) is 12.1 Å². The molecule has 1 atom stereocenters. The maximum absolute atomic E-state index is 12.4. The van der Waals surface area contributed by atoms with E-state index in [1.165, 1.54) is 4.90 Å². The summed E-state index contributed by atoms with van der Waals surface area (Å²) in [7, 11) is 3.25. The SMILES string of the molecule is CN(C)C(=O)c1cccc(Nc2nc3c(nc2N[C@@H](c2ccco2)C(C)(C)C)=NCN=3)c1O. The summed E-state index contributed by atoms with van der Waals surface area (Å²) in [5.41, 5.74) is 1.12. The second-order valence-corrected chi connectivity index (χ2v) is 9.01. The molecule has 0 radical (unpaired) electrons. The number of phenols is 1. The van der Waals surface area contributed by atoms with Crippen LogP contribution in [-0.2, 0) is 0 Å². The minimum atomic E-state index is -0.311. The lowest BCUT2D eigenvalue weighted by Gasteiger charge is -2.30. The number of aromatic nitrogens is 2. The van der Waals surface area contributed by atoms with E-state index in [2.05, 4.69) is 51.4 Å². The van der Waals surface area contributed by atoms with Crippen molar-refractivity contribution >= 4 is 23.2 Å². The number of carbonyl (C=O) groups excluding carboxylic acids is 1. The Morgan fingerprint density at radius 1 is 1.09 bits per heavy atom. The van der Waals surface area contributed by atoms with Crippen LogP contribution in [0, 0.1) is 5.41 Å². The topological polar surface area (TPSA) is 128 Å². The molecular formula is C23H27N7O3. The summed E-state index contributed by atoms with van der Waals surface area (Å²) >= 11 is 0. The van der Waals surface area contributed by atoms with Gasteiger partial charge in [-0.25, -0.2) is 20.0 Å². The molecule has 2 aromatic heterocycles. The standard InChI is InChI=1S/C23H27N7O3/c1-23(2,3)17(15-10-7-11-33-15)27-21-20(28-18-19(29-21)25-12-24-18)26-14-9-6-8-13(16(14)31)22(32)30(4)5/h6-11,17,31H,12H2,1-5H3,(H,24,26,28)(H,25,27,29)/t17-/m0/s1. The van der Waals surface area contributed by atoms with Crippen molar-refractivity contribution < 1.29 is 14.3 Å². The summed E-state index contributed by atoms with van der Waals surface area (Å²) in [4.78, 5) is 31.6. The average molecular weight is 450 g/mol. The van der Waals surface area contributed by atoms with Crippen LogP contribution in [0.5, 0.6) is 5.75 Å². The number of para-hydroxylation sites is 1. The number of benzene rings is 1. The number of nitrogens with one attached hydrogen (secondary N) is 2. The van der Waals surface area contributed by atoms with Crippen molar-refractivity contribution in [3.63, 3.8) is 0 Å². The molecule has 4 rings (SSSR count). The van der Waals surface area contributed by atoms with Gasteiger partial charge in [-0.1, -0.05) is 26.8 Å². The van der Waals surface area contributed by atoms with Gasteiger partial charge in [0.2, 0.25) is 0 Å². The predicted octanol–water partition coefficient (Wildman–Crippen LogP) is 2.63. The summed E-state index contributed by atoms with van der Waals surface area (Å²) in [6, 6.07) is 8.43. The van der Waals surface area contributed by atoms with Crippen molar-refractivity contribution in [2.75, 3.05) is 31.4 Å². The van der Waals surface area contributed by atoms with Crippen LogP contribution in [-0.4, -0.2) is 46.6 Å². The van der Waals surface area contributed by atoms with Crippen LogP contribution in [0.2, 0.25) is 0 Å². The lowest BCUT2D eigenvalue weighted by atomic mass is 9.85. The van der Waals surface area contributed by atoms with Crippen molar-refractivity contribution in [1.82, 2.24) is 14.9 Å². The van der Waals surface area contributed by atoms with E-state index in [0.29, 0.717) is 28.3 Å². The van der Waals surface area contributed by atoms with Crippen LogP contribution in [0.1, 0.15) is 42.9 Å². The van der Waals surface area contributed by atoms with E-state index in [4.69, 9.17) is 4.42 Å². The Morgan fingerprint density at radius 3 is 2.39 bits per heavy atom. The monoisotopic (exact) mass is 449 g/mol. The number of fused-ring (bicyclic) bond motifs is 1. The van der Waals surface area contributed by atoms with E-state index >= 15 is 0 Å². The maximum Gasteiger partial charge on any atom is 0.257 e. The smallest absolute Gasteiger partial charge is 0.257 e. The Hall–Kier alpha value is -3.95. The van der Waals surface area contributed by atoms with E-state index in [1.54, 1.807) is 38.6 Å². The number of aromatic hydroxyl groups is 1. The largest absolute Gasteiger partial charge is 0.505 e. The molecule has 3 N–H and O–H groups in total. The van der Waals surface area contributed by atoms with Crippen LogP contribution >= 0.6 is 0 Å². The highest BCUT2D eigenvalue weighted by Gasteiger charge is 2.30. The van der Waals surface area contributed by atoms with E-state index in [9.17, 15) is 9.90 Å². The van der Waals surface area contributed by atoms with Crippen molar-refractivity contribution in [2.24, 2.45) is 15.4 Å². The average Bonchev–Trinajstić information content (AvgIpc) is 3.43. The lowest BCUT2D eigenvalue weighted by Crippen LogP contribution is -2.33. The molecule has 0 saturated carbocycles. The number of hydrogen-bond acceptors (Lipinski definition) is 9. The minimum absolute atomic E-state index is 0.176. The van der Waals surface area contributed by atoms with Gasteiger partial charge < -0.3 is 25.1 Å². The van der Waals surface area contributed by atoms with Gasteiger partial charge in [0.1, 0.15) is 12.4 Å². The zero-order valence-corrected chi connectivity index (χ0v) is 19.2. The fourth-order valence-electron chi connectivity index (χ4n) is 3.48. The molecular weight excluding hydrogens is 422 g/mol. The first-order valence-corrected chi connectivity index (χ1v) is 10.5. The van der Waals surface area contributed by atoms with E-state index < -0.39 is 0 Å². The number of rotatable bonds is 6. The normalized spacial score (nSPS) is 13.5. The second kappa shape index (κ2) is 8.53. The summed E-state index contributed by atoms with van der Waals surface area (Å²) in [5, 5.41) is 17.3. The molecule has 3 heterocycles. The first-order valence-electron chi connectivity index (χ1n) is 10.5. The fourth-order valence-corrected chi connectivity index (χ4v) is 3.48. The molecule has 1 amide bonds. The molecule has 1 aliphatic heterocycles. The van der Waals surface area contributed by atoms with Gasteiger partial charge in [-0.05, 0) is 29.7 Å². The van der Waals surface area contributed by atoms with Gasteiger partial charge in [-0.2, -0.15) is 0 Å². The van der Waals surface area contributed by atoms with Crippen molar-refractivity contribution in [3.05, 3.63) is 58.9 Å².